The van der Waals surface area contributed by atoms with E-state index in [1.54, 1.807) is 18.3 Å². The molecule has 5 nitrogen and oxygen atoms in total. The van der Waals surface area contributed by atoms with Crippen molar-refractivity contribution in [3.63, 3.8) is 0 Å². The van der Waals surface area contributed by atoms with E-state index in [4.69, 9.17) is 9.47 Å². The van der Waals surface area contributed by atoms with Crippen molar-refractivity contribution in [1.29, 1.82) is 0 Å². The molecule has 0 aliphatic carbocycles. The topological polar surface area (TPSA) is 56.5 Å². The van der Waals surface area contributed by atoms with E-state index in [1.807, 2.05) is 0 Å². The fraction of sp³-hybridized carbons (Fsp3) is 0.125. The van der Waals surface area contributed by atoms with Gasteiger partial charge in [0.1, 0.15) is 5.52 Å². The average Bonchev–Trinajstić information content (AvgIpc) is 2.70. The maximum atomic E-state index is 9.25. The monoisotopic (exact) mass is 178 g/mol. The Morgan fingerprint density at radius 2 is 2.08 bits per heavy atom. The van der Waals surface area contributed by atoms with Gasteiger partial charge in [0.2, 0.25) is 6.79 Å². The largest absolute Gasteiger partial charge is 0.454 e. The Labute approximate surface area is 73.1 Å². The molecule has 0 saturated heterocycles. The number of aromatic nitrogens is 2. The van der Waals surface area contributed by atoms with Crippen molar-refractivity contribution >= 4 is 10.9 Å². The predicted molar refractivity (Wildman–Crippen MR) is 43.0 cm³/mol. The lowest BCUT2D eigenvalue weighted by Crippen LogP contribution is -1.93. The third-order valence-electron chi connectivity index (χ3n) is 2.04. The van der Waals surface area contributed by atoms with Gasteiger partial charge in [0.15, 0.2) is 11.5 Å². The van der Waals surface area contributed by atoms with E-state index in [-0.39, 0.29) is 6.79 Å². The Bertz CT molecular complexity index is 477. The number of benzene rings is 1. The number of hydrogen-bond acceptors (Lipinski definition) is 4. The smallest absolute Gasteiger partial charge is 0.231 e. The zero-order valence-corrected chi connectivity index (χ0v) is 6.60. The van der Waals surface area contributed by atoms with Crippen LogP contribution in [0.2, 0.25) is 0 Å². The third kappa shape index (κ3) is 0.780. The van der Waals surface area contributed by atoms with Crippen molar-refractivity contribution in [2.75, 3.05) is 6.79 Å². The fourth-order valence-corrected chi connectivity index (χ4v) is 1.40. The van der Waals surface area contributed by atoms with Crippen molar-refractivity contribution in [3.05, 3.63) is 18.3 Å². The lowest BCUT2D eigenvalue weighted by molar-refractivity contribution is 0.160. The summed E-state index contributed by atoms with van der Waals surface area (Å²) in [6.45, 7) is 0.237. The van der Waals surface area contributed by atoms with Crippen LogP contribution in [0.3, 0.4) is 0 Å². The molecule has 2 aromatic rings. The van der Waals surface area contributed by atoms with Gasteiger partial charge in [0.05, 0.1) is 6.20 Å². The Hall–Kier alpha value is -1.91. The van der Waals surface area contributed by atoms with Crippen LogP contribution < -0.4 is 9.47 Å². The highest BCUT2D eigenvalue weighted by Crippen LogP contribution is 2.35. The van der Waals surface area contributed by atoms with E-state index in [0.717, 1.165) is 10.2 Å². The standard InChI is InChI=1S/C8H6N2O3/c11-10-6-2-8-7(12-4-13-8)1-5(6)3-9-10/h1-3,11H,4H2. The minimum Gasteiger partial charge on any atom is -0.454 e. The van der Waals surface area contributed by atoms with Crippen molar-refractivity contribution < 1.29 is 14.7 Å². The summed E-state index contributed by atoms with van der Waals surface area (Å²) < 4.78 is 10.3. The van der Waals surface area contributed by atoms with E-state index >= 15 is 0 Å². The third-order valence-corrected chi connectivity index (χ3v) is 2.04. The summed E-state index contributed by atoms with van der Waals surface area (Å²) in [6, 6.07) is 3.49. The highest BCUT2D eigenvalue weighted by Gasteiger charge is 2.15. The van der Waals surface area contributed by atoms with E-state index in [1.165, 1.54) is 0 Å². The minimum atomic E-state index is 0.237. The molecular formula is C8H6N2O3. The number of fused-ring (bicyclic) bond motifs is 2. The maximum Gasteiger partial charge on any atom is 0.231 e. The highest BCUT2D eigenvalue weighted by atomic mass is 16.7. The number of nitrogens with zero attached hydrogens (tertiary/aromatic N) is 2. The fourth-order valence-electron chi connectivity index (χ4n) is 1.40. The van der Waals surface area contributed by atoms with Gasteiger partial charge >= 0.3 is 0 Å². The first kappa shape index (κ1) is 6.59. The second kappa shape index (κ2) is 2.07. The van der Waals surface area contributed by atoms with Crippen LogP contribution in [0, 0.1) is 0 Å². The van der Waals surface area contributed by atoms with Crippen molar-refractivity contribution in [2.45, 2.75) is 0 Å². The van der Waals surface area contributed by atoms with Crippen LogP contribution in [-0.2, 0) is 0 Å². The van der Waals surface area contributed by atoms with E-state index in [9.17, 15) is 5.21 Å². The molecule has 5 heteroatoms. The molecule has 1 aromatic carbocycles. The minimum absolute atomic E-state index is 0.237. The second-order valence-corrected chi connectivity index (χ2v) is 2.80. The van der Waals surface area contributed by atoms with Gasteiger partial charge in [-0.3, -0.25) is 0 Å². The van der Waals surface area contributed by atoms with Gasteiger partial charge in [-0.2, -0.15) is 0 Å². The van der Waals surface area contributed by atoms with Crippen LogP contribution in [-0.4, -0.2) is 21.9 Å². The normalized spacial score (nSPS) is 13.8. The van der Waals surface area contributed by atoms with E-state index in [2.05, 4.69) is 5.10 Å². The number of ether oxygens (including phenoxy) is 2. The first-order chi connectivity index (χ1) is 6.34. The summed E-state index contributed by atoms with van der Waals surface area (Å²) in [6.07, 6.45) is 1.57. The van der Waals surface area contributed by atoms with Gasteiger partial charge in [-0.05, 0) is 6.07 Å². The van der Waals surface area contributed by atoms with Crippen LogP contribution in [0.25, 0.3) is 10.9 Å². The summed E-state index contributed by atoms with van der Waals surface area (Å²) in [5.74, 6) is 1.34. The Morgan fingerprint density at radius 3 is 2.92 bits per heavy atom. The summed E-state index contributed by atoms with van der Waals surface area (Å²) in [7, 11) is 0. The number of hydrogen-bond donors (Lipinski definition) is 1. The quantitative estimate of drug-likeness (QED) is 0.611. The number of rotatable bonds is 0. The van der Waals surface area contributed by atoms with Gasteiger partial charge in [0.25, 0.3) is 0 Å². The molecule has 0 atom stereocenters. The molecular weight excluding hydrogens is 172 g/mol. The van der Waals surface area contributed by atoms with Gasteiger partial charge in [-0.25, -0.2) is 0 Å². The molecule has 3 rings (SSSR count). The Balaban J connectivity index is 2.38. The van der Waals surface area contributed by atoms with Crippen molar-refractivity contribution in [3.8, 4) is 11.5 Å². The molecule has 0 unspecified atom stereocenters. The van der Waals surface area contributed by atoms with Gasteiger partial charge < -0.3 is 14.7 Å². The van der Waals surface area contributed by atoms with Crippen LogP contribution >= 0.6 is 0 Å². The SMILES string of the molecule is On1ncc2cc3c(cc21)OCO3. The van der Waals surface area contributed by atoms with Crippen LogP contribution in [0.4, 0.5) is 0 Å². The molecule has 66 valence electrons. The highest BCUT2D eigenvalue weighted by molar-refractivity contribution is 5.82. The summed E-state index contributed by atoms with van der Waals surface area (Å²) in [5, 5.41) is 13.8. The lowest BCUT2D eigenvalue weighted by Gasteiger charge is -1.95. The molecule has 1 N–H and O–H groups in total. The molecule has 0 fully saturated rings. The first-order valence-electron chi connectivity index (χ1n) is 3.81. The van der Waals surface area contributed by atoms with E-state index < -0.39 is 0 Å². The van der Waals surface area contributed by atoms with Gasteiger partial charge in [-0.15, -0.1) is 9.94 Å². The Kier molecular flexibility index (Phi) is 1.05. The Morgan fingerprint density at radius 1 is 1.31 bits per heavy atom. The van der Waals surface area contributed by atoms with Crippen LogP contribution in [0.5, 0.6) is 11.5 Å². The average molecular weight is 178 g/mol. The zero-order chi connectivity index (χ0) is 8.84. The molecule has 1 aromatic heterocycles. The maximum absolute atomic E-state index is 9.25. The zero-order valence-electron chi connectivity index (χ0n) is 6.60. The second-order valence-electron chi connectivity index (χ2n) is 2.80. The van der Waals surface area contributed by atoms with Crippen molar-refractivity contribution in [2.24, 2.45) is 0 Å². The molecule has 13 heavy (non-hydrogen) atoms. The molecule has 2 heterocycles. The van der Waals surface area contributed by atoms with Crippen LogP contribution in [0.1, 0.15) is 0 Å². The molecule has 0 bridgehead atoms. The van der Waals surface area contributed by atoms with Gasteiger partial charge in [-0.1, -0.05) is 0 Å². The first-order valence-corrected chi connectivity index (χ1v) is 3.81. The molecule has 0 radical (unpaired) electrons. The summed E-state index contributed by atoms with van der Waals surface area (Å²) in [5.41, 5.74) is 0.615. The predicted octanol–water partition coefficient (Wildman–Crippen LogP) is 1.00. The van der Waals surface area contributed by atoms with E-state index in [0.29, 0.717) is 17.0 Å². The molecule has 1 aliphatic heterocycles. The summed E-state index contributed by atoms with van der Waals surface area (Å²) >= 11 is 0. The van der Waals surface area contributed by atoms with Gasteiger partial charge in [0, 0.05) is 11.5 Å². The molecule has 0 saturated carbocycles. The van der Waals surface area contributed by atoms with Crippen molar-refractivity contribution in [1.82, 2.24) is 9.94 Å². The lowest BCUT2D eigenvalue weighted by atomic mass is 10.2. The molecule has 0 spiro atoms. The molecule has 1 aliphatic rings. The van der Waals surface area contributed by atoms with Crippen LogP contribution in [0.15, 0.2) is 18.3 Å². The summed E-state index contributed by atoms with van der Waals surface area (Å²) in [4.78, 5) is 0.817. The molecule has 0 amide bonds.